The molecule has 2 aliphatic heterocycles. The molecule has 0 aromatic rings. The van der Waals surface area contributed by atoms with E-state index in [4.69, 9.17) is 18.0 Å². The lowest BCUT2D eigenvalue weighted by Gasteiger charge is -2.37. The fraction of sp³-hybridized carbons (Fsp3) is 0.750. The van der Waals surface area contributed by atoms with Gasteiger partial charge in [-0.05, 0) is 25.8 Å². The maximum Gasteiger partial charge on any atom is 0.325 e. The zero-order valence-corrected chi connectivity index (χ0v) is 12.0. The van der Waals surface area contributed by atoms with E-state index in [0.717, 1.165) is 31.0 Å². The maximum atomic E-state index is 12.4. The van der Waals surface area contributed by atoms with E-state index in [1.807, 2.05) is 0 Å². The first-order valence-corrected chi connectivity index (χ1v) is 7.04. The van der Waals surface area contributed by atoms with Crippen LogP contribution in [0.5, 0.6) is 0 Å². The second kappa shape index (κ2) is 5.42. The number of hydrogen-bond donors (Lipinski definition) is 2. The average Bonchev–Trinajstić information content (AvgIpc) is 2.57. The van der Waals surface area contributed by atoms with E-state index in [-0.39, 0.29) is 23.5 Å². The summed E-state index contributed by atoms with van der Waals surface area (Å²) in [7, 11) is 0. The van der Waals surface area contributed by atoms with E-state index in [0.29, 0.717) is 12.8 Å². The summed E-state index contributed by atoms with van der Waals surface area (Å²) in [6, 6.07) is -0.373. The second-order valence-corrected chi connectivity index (χ2v) is 5.74. The third kappa shape index (κ3) is 2.71. The van der Waals surface area contributed by atoms with Gasteiger partial charge in [-0.15, -0.1) is 0 Å². The molecule has 19 heavy (non-hydrogen) atoms. The highest BCUT2D eigenvalue weighted by Crippen LogP contribution is 2.29. The van der Waals surface area contributed by atoms with Gasteiger partial charge in [-0.3, -0.25) is 9.69 Å². The molecule has 2 fully saturated rings. The summed E-state index contributed by atoms with van der Waals surface area (Å²) >= 11 is 4.78. The summed E-state index contributed by atoms with van der Waals surface area (Å²) in [6.45, 7) is 4.87. The Morgan fingerprint density at radius 3 is 2.58 bits per heavy atom. The SMILES string of the molecule is CCCN1CCC2(CC1)NC(=O)N(CC(N)=S)C2=O. The van der Waals surface area contributed by atoms with Gasteiger partial charge in [0, 0.05) is 13.1 Å². The Labute approximate surface area is 118 Å². The Bertz CT molecular complexity index is 405. The van der Waals surface area contributed by atoms with Crippen molar-refractivity contribution in [2.24, 2.45) is 5.73 Å². The first kappa shape index (κ1) is 14.2. The second-order valence-electron chi connectivity index (χ2n) is 5.21. The molecule has 2 rings (SSSR count). The maximum absolute atomic E-state index is 12.4. The number of piperidine rings is 1. The van der Waals surface area contributed by atoms with Crippen LogP contribution in [-0.4, -0.2) is 58.4 Å². The monoisotopic (exact) mass is 284 g/mol. The Morgan fingerprint density at radius 2 is 2.05 bits per heavy atom. The highest BCUT2D eigenvalue weighted by atomic mass is 32.1. The van der Waals surface area contributed by atoms with Crippen LogP contribution in [0.2, 0.25) is 0 Å². The summed E-state index contributed by atoms with van der Waals surface area (Å²) in [6.07, 6.45) is 2.41. The van der Waals surface area contributed by atoms with Crippen molar-refractivity contribution in [2.45, 2.75) is 31.7 Å². The Morgan fingerprint density at radius 1 is 1.42 bits per heavy atom. The number of rotatable bonds is 4. The smallest absolute Gasteiger partial charge is 0.325 e. The quantitative estimate of drug-likeness (QED) is 0.564. The van der Waals surface area contributed by atoms with Gasteiger partial charge in [-0.2, -0.15) is 0 Å². The minimum atomic E-state index is -0.730. The van der Waals surface area contributed by atoms with Crippen molar-refractivity contribution in [3.05, 3.63) is 0 Å². The Hall–Kier alpha value is -1.21. The zero-order chi connectivity index (χ0) is 14.0. The highest BCUT2D eigenvalue weighted by Gasteiger charge is 2.52. The van der Waals surface area contributed by atoms with Crippen LogP contribution in [0.15, 0.2) is 0 Å². The molecule has 0 radical (unpaired) electrons. The van der Waals surface area contributed by atoms with Crippen molar-refractivity contribution in [3.8, 4) is 0 Å². The van der Waals surface area contributed by atoms with Gasteiger partial charge in [0.1, 0.15) is 5.54 Å². The van der Waals surface area contributed by atoms with Gasteiger partial charge in [-0.1, -0.05) is 19.1 Å². The van der Waals surface area contributed by atoms with Gasteiger partial charge in [0.05, 0.1) is 11.5 Å². The summed E-state index contributed by atoms with van der Waals surface area (Å²) < 4.78 is 0. The van der Waals surface area contributed by atoms with Crippen LogP contribution in [0, 0.1) is 0 Å². The standard InChI is InChI=1S/C12H20N4O2S/c1-2-5-15-6-3-12(4-7-15)10(17)16(8-9(13)19)11(18)14-12/h2-8H2,1H3,(H2,13,19)(H,14,18). The molecule has 2 saturated heterocycles. The first-order chi connectivity index (χ1) is 8.98. The van der Waals surface area contributed by atoms with Gasteiger partial charge in [-0.25, -0.2) is 4.79 Å². The number of nitrogens with zero attached hydrogens (tertiary/aromatic N) is 2. The number of imide groups is 1. The first-order valence-electron chi connectivity index (χ1n) is 6.63. The van der Waals surface area contributed by atoms with Crippen LogP contribution < -0.4 is 11.1 Å². The minimum Gasteiger partial charge on any atom is -0.392 e. The molecule has 2 aliphatic rings. The van der Waals surface area contributed by atoms with E-state index in [1.54, 1.807) is 0 Å². The van der Waals surface area contributed by atoms with Gasteiger partial charge in [0.25, 0.3) is 5.91 Å². The summed E-state index contributed by atoms with van der Waals surface area (Å²) in [5.41, 5.74) is 4.70. The molecule has 0 aromatic heterocycles. The van der Waals surface area contributed by atoms with E-state index in [1.165, 1.54) is 0 Å². The zero-order valence-electron chi connectivity index (χ0n) is 11.1. The number of likely N-dealkylation sites (tertiary alicyclic amines) is 1. The van der Waals surface area contributed by atoms with Crippen molar-refractivity contribution in [1.82, 2.24) is 15.1 Å². The third-order valence-electron chi connectivity index (χ3n) is 3.81. The number of amides is 3. The largest absolute Gasteiger partial charge is 0.392 e. The summed E-state index contributed by atoms with van der Waals surface area (Å²) in [5.74, 6) is -0.179. The number of carbonyl (C=O) groups excluding carboxylic acids is 2. The van der Waals surface area contributed by atoms with E-state index >= 15 is 0 Å². The number of thiocarbonyl (C=S) groups is 1. The Kier molecular flexibility index (Phi) is 4.05. The summed E-state index contributed by atoms with van der Waals surface area (Å²) in [4.78, 5) is 27.9. The predicted octanol–water partition coefficient (Wildman–Crippen LogP) is 0.0689. The fourth-order valence-corrected chi connectivity index (χ4v) is 2.92. The molecular weight excluding hydrogens is 264 g/mol. The van der Waals surface area contributed by atoms with Crippen LogP contribution in [-0.2, 0) is 4.79 Å². The molecule has 0 aromatic carbocycles. The molecule has 3 N–H and O–H groups in total. The molecule has 2 heterocycles. The van der Waals surface area contributed by atoms with Gasteiger partial charge in [0.15, 0.2) is 0 Å². The molecule has 0 unspecified atom stereocenters. The van der Waals surface area contributed by atoms with Crippen LogP contribution in [0.25, 0.3) is 0 Å². The van der Waals surface area contributed by atoms with Crippen molar-refractivity contribution in [1.29, 1.82) is 0 Å². The average molecular weight is 284 g/mol. The van der Waals surface area contributed by atoms with Crippen LogP contribution in [0.1, 0.15) is 26.2 Å². The Balaban J connectivity index is 2.04. The molecule has 6 nitrogen and oxygen atoms in total. The number of carbonyl (C=O) groups is 2. The molecule has 0 saturated carbocycles. The number of nitrogens with two attached hydrogens (primary N) is 1. The van der Waals surface area contributed by atoms with E-state index in [9.17, 15) is 9.59 Å². The molecule has 1 spiro atoms. The summed E-state index contributed by atoms with van der Waals surface area (Å²) in [5, 5.41) is 2.83. The molecule has 3 amide bonds. The topological polar surface area (TPSA) is 78.7 Å². The number of hydrogen-bond acceptors (Lipinski definition) is 4. The lowest BCUT2D eigenvalue weighted by Crippen LogP contribution is -2.55. The molecule has 0 bridgehead atoms. The van der Waals surface area contributed by atoms with Crippen LogP contribution in [0.3, 0.4) is 0 Å². The van der Waals surface area contributed by atoms with Crippen LogP contribution >= 0.6 is 12.2 Å². The third-order valence-corrected chi connectivity index (χ3v) is 3.94. The van der Waals surface area contributed by atoms with Gasteiger partial charge < -0.3 is 16.0 Å². The number of nitrogens with one attached hydrogen (secondary N) is 1. The van der Waals surface area contributed by atoms with Gasteiger partial charge >= 0.3 is 6.03 Å². The molecule has 0 atom stereocenters. The van der Waals surface area contributed by atoms with Crippen molar-refractivity contribution < 1.29 is 9.59 Å². The lowest BCUT2D eigenvalue weighted by molar-refractivity contribution is -0.132. The predicted molar refractivity (Wildman–Crippen MR) is 75.7 cm³/mol. The van der Waals surface area contributed by atoms with E-state index in [2.05, 4.69) is 17.1 Å². The van der Waals surface area contributed by atoms with Crippen molar-refractivity contribution in [2.75, 3.05) is 26.2 Å². The molecule has 7 heteroatoms. The van der Waals surface area contributed by atoms with Crippen molar-refractivity contribution in [3.63, 3.8) is 0 Å². The van der Waals surface area contributed by atoms with Crippen molar-refractivity contribution >= 4 is 29.1 Å². The normalized spacial score (nSPS) is 22.9. The molecule has 0 aliphatic carbocycles. The van der Waals surface area contributed by atoms with Crippen LogP contribution in [0.4, 0.5) is 4.79 Å². The van der Waals surface area contributed by atoms with Gasteiger partial charge in [0.2, 0.25) is 0 Å². The number of urea groups is 1. The lowest BCUT2D eigenvalue weighted by atomic mass is 9.87. The molecular formula is C12H20N4O2S. The highest BCUT2D eigenvalue weighted by molar-refractivity contribution is 7.80. The minimum absolute atomic E-state index is 0.0282. The van der Waals surface area contributed by atoms with E-state index < -0.39 is 5.54 Å². The molecule has 106 valence electrons. The fourth-order valence-electron chi connectivity index (χ4n) is 2.79.